The quantitative estimate of drug-likeness (QED) is 0.575. The van der Waals surface area contributed by atoms with Crippen molar-refractivity contribution in [2.75, 3.05) is 13.2 Å². The molecule has 0 saturated heterocycles. The number of rotatable bonds is 7. The minimum atomic E-state index is -4.33. The van der Waals surface area contributed by atoms with Gasteiger partial charge in [-0.3, -0.25) is 16.0 Å². The molecular formula is C11H18BrF3N4O. The summed E-state index contributed by atoms with van der Waals surface area (Å²) in [5.74, 6) is 5.35. The van der Waals surface area contributed by atoms with Crippen molar-refractivity contribution in [3.63, 3.8) is 0 Å². The number of alkyl halides is 3. The Labute approximate surface area is 123 Å². The minimum absolute atomic E-state index is 0.130. The highest BCUT2D eigenvalue weighted by Gasteiger charge is 2.28. The van der Waals surface area contributed by atoms with Crippen LogP contribution in [0.1, 0.15) is 18.3 Å². The standard InChI is InChI=1S/C11H18BrF3N4O/c1-3-8-10(12)9(19(2)18-8)4-7(17-16)5-20-6-11(13,14)15/h7,17H,3-6,16H2,1-2H3. The molecule has 1 aromatic rings. The second-order valence-electron chi connectivity index (χ2n) is 4.38. The zero-order valence-corrected chi connectivity index (χ0v) is 12.9. The monoisotopic (exact) mass is 358 g/mol. The van der Waals surface area contributed by atoms with E-state index in [1.54, 1.807) is 11.7 Å². The van der Waals surface area contributed by atoms with Crippen molar-refractivity contribution in [1.29, 1.82) is 0 Å². The van der Waals surface area contributed by atoms with Gasteiger partial charge in [0.05, 0.1) is 22.5 Å². The van der Waals surface area contributed by atoms with E-state index < -0.39 is 18.8 Å². The van der Waals surface area contributed by atoms with Crippen molar-refractivity contribution in [3.05, 3.63) is 15.9 Å². The van der Waals surface area contributed by atoms with Crippen LogP contribution >= 0.6 is 15.9 Å². The van der Waals surface area contributed by atoms with Crippen LogP contribution in [0.3, 0.4) is 0 Å². The molecule has 1 unspecified atom stereocenters. The smallest absolute Gasteiger partial charge is 0.370 e. The Balaban J connectivity index is 2.62. The molecule has 0 aliphatic rings. The van der Waals surface area contributed by atoms with Gasteiger partial charge in [0.15, 0.2) is 0 Å². The van der Waals surface area contributed by atoms with Gasteiger partial charge in [0.2, 0.25) is 0 Å². The topological polar surface area (TPSA) is 65.1 Å². The van der Waals surface area contributed by atoms with Crippen molar-refractivity contribution in [2.45, 2.75) is 32.0 Å². The molecule has 0 aliphatic heterocycles. The summed E-state index contributed by atoms with van der Waals surface area (Å²) >= 11 is 3.45. The van der Waals surface area contributed by atoms with Crippen LogP contribution in [-0.4, -0.2) is 35.2 Å². The lowest BCUT2D eigenvalue weighted by Crippen LogP contribution is -2.41. The Morgan fingerprint density at radius 1 is 1.50 bits per heavy atom. The van der Waals surface area contributed by atoms with E-state index in [0.29, 0.717) is 6.42 Å². The van der Waals surface area contributed by atoms with Crippen LogP contribution < -0.4 is 11.3 Å². The van der Waals surface area contributed by atoms with Crippen LogP contribution in [0.15, 0.2) is 4.47 Å². The highest BCUT2D eigenvalue weighted by atomic mass is 79.9. The molecule has 0 saturated carbocycles. The van der Waals surface area contributed by atoms with E-state index in [0.717, 1.165) is 22.3 Å². The van der Waals surface area contributed by atoms with E-state index in [-0.39, 0.29) is 6.61 Å². The van der Waals surface area contributed by atoms with Crippen LogP contribution in [-0.2, 0) is 24.6 Å². The van der Waals surface area contributed by atoms with E-state index in [4.69, 9.17) is 5.84 Å². The van der Waals surface area contributed by atoms with Gasteiger partial charge < -0.3 is 4.74 Å². The molecule has 20 heavy (non-hydrogen) atoms. The van der Waals surface area contributed by atoms with Crippen molar-refractivity contribution >= 4 is 15.9 Å². The van der Waals surface area contributed by atoms with Crippen molar-refractivity contribution in [2.24, 2.45) is 12.9 Å². The fraction of sp³-hybridized carbons (Fsp3) is 0.727. The first-order valence-corrected chi connectivity index (χ1v) is 6.88. The number of nitrogens with zero attached hydrogens (tertiary/aromatic N) is 2. The number of hydrogen-bond donors (Lipinski definition) is 2. The fourth-order valence-corrected chi connectivity index (χ4v) is 2.54. The molecule has 5 nitrogen and oxygen atoms in total. The summed E-state index contributed by atoms with van der Waals surface area (Å²) in [6, 6.07) is -0.422. The van der Waals surface area contributed by atoms with Gasteiger partial charge in [0.25, 0.3) is 0 Å². The summed E-state index contributed by atoms with van der Waals surface area (Å²) in [5, 5.41) is 4.32. The lowest BCUT2D eigenvalue weighted by atomic mass is 10.1. The number of hydrogen-bond acceptors (Lipinski definition) is 4. The molecule has 1 heterocycles. The lowest BCUT2D eigenvalue weighted by Gasteiger charge is -2.17. The highest BCUT2D eigenvalue weighted by Crippen LogP contribution is 2.23. The molecule has 0 spiro atoms. The second kappa shape index (κ2) is 7.39. The van der Waals surface area contributed by atoms with Gasteiger partial charge in [-0.05, 0) is 22.4 Å². The predicted molar refractivity (Wildman–Crippen MR) is 72.0 cm³/mol. The van der Waals surface area contributed by atoms with E-state index in [1.165, 1.54) is 0 Å². The largest absolute Gasteiger partial charge is 0.411 e. The van der Waals surface area contributed by atoms with Crippen LogP contribution in [0.5, 0.6) is 0 Å². The molecular weight excluding hydrogens is 341 g/mol. The summed E-state index contributed by atoms with van der Waals surface area (Å²) in [6.07, 6.45) is -3.15. The Hall–Kier alpha value is -0.640. The normalized spacial score (nSPS) is 13.8. The van der Waals surface area contributed by atoms with Gasteiger partial charge >= 0.3 is 6.18 Å². The summed E-state index contributed by atoms with van der Waals surface area (Å²) < 4.78 is 43.2. The summed E-state index contributed by atoms with van der Waals surface area (Å²) in [7, 11) is 1.78. The summed E-state index contributed by atoms with van der Waals surface area (Å²) in [5.41, 5.74) is 4.22. The average molecular weight is 359 g/mol. The molecule has 0 radical (unpaired) electrons. The number of aryl methyl sites for hydroxylation is 2. The van der Waals surface area contributed by atoms with Gasteiger partial charge in [0.1, 0.15) is 6.61 Å². The predicted octanol–water partition coefficient (Wildman–Crippen LogP) is 1.70. The third-order valence-electron chi connectivity index (χ3n) is 2.76. The molecule has 1 atom stereocenters. The van der Waals surface area contributed by atoms with E-state index in [2.05, 4.69) is 31.2 Å². The number of aromatic nitrogens is 2. The SMILES string of the molecule is CCc1nn(C)c(CC(COCC(F)(F)F)NN)c1Br. The molecule has 0 fully saturated rings. The molecule has 0 amide bonds. The Morgan fingerprint density at radius 2 is 2.15 bits per heavy atom. The molecule has 116 valence electrons. The van der Waals surface area contributed by atoms with Crippen LogP contribution in [0.2, 0.25) is 0 Å². The van der Waals surface area contributed by atoms with Crippen molar-refractivity contribution < 1.29 is 17.9 Å². The first-order valence-electron chi connectivity index (χ1n) is 6.09. The number of nitrogens with one attached hydrogen (secondary N) is 1. The van der Waals surface area contributed by atoms with E-state index in [1.807, 2.05) is 6.92 Å². The first kappa shape index (κ1) is 17.4. The zero-order valence-electron chi connectivity index (χ0n) is 11.3. The van der Waals surface area contributed by atoms with Crippen molar-refractivity contribution in [3.8, 4) is 0 Å². The van der Waals surface area contributed by atoms with Crippen molar-refractivity contribution in [1.82, 2.24) is 15.2 Å². The highest BCUT2D eigenvalue weighted by molar-refractivity contribution is 9.10. The second-order valence-corrected chi connectivity index (χ2v) is 5.18. The molecule has 0 aliphatic carbocycles. The molecule has 9 heteroatoms. The third kappa shape index (κ3) is 5.04. The first-order chi connectivity index (χ1) is 9.28. The Bertz CT molecular complexity index is 436. The van der Waals surface area contributed by atoms with Gasteiger partial charge in [0, 0.05) is 19.5 Å². The van der Waals surface area contributed by atoms with Gasteiger partial charge in [-0.2, -0.15) is 18.3 Å². The van der Waals surface area contributed by atoms with E-state index in [9.17, 15) is 13.2 Å². The maximum absolute atomic E-state index is 12.0. The maximum Gasteiger partial charge on any atom is 0.411 e. The van der Waals surface area contributed by atoms with Gasteiger partial charge in [-0.15, -0.1) is 0 Å². The summed E-state index contributed by atoms with van der Waals surface area (Å²) in [4.78, 5) is 0. The molecule has 3 N–H and O–H groups in total. The summed E-state index contributed by atoms with van der Waals surface area (Å²) in [6.45, 7) is 0.564. The maximum atomic E-state index is 12.0. The number of nitrogens with two attached hydrogens (primary N) is 1. The van der Waals surface area contributed by atoms with Crippen LogP contribution in [0.25, 0.3) is 0 Å². The molecule has 1 aromatic heterocycles. The Morgan fingerprint density at radius 3 is 2.60 bits per heavy atom. The molecule has 0 bridgehead atoms. The minimum Gasteiger partial charge on any atom is -0.370 e. The third-order valence-corrected chi connectivity index (χ3v) is 3.68. The zero-order chi connectivity index (χ0) is 15.3. The fourth-order valence-electron chi connectivity index (χ4n) is 1.76. The number of ether oxygens (including phenoxy) is 1. The van der Waals surface area contributed by atoms with Gasteiger partial charge in [-0.25, -0.2) is 0 Å². The van der Waals surface area contributed by atoms with E-state index >= 15 is 0 Å². The molecule has 0 aromatic carbocycles. The average Bonchev–Trinajstić information content (AvgIpc) is 2.63. The Kier molecular flexibility index (Phi) is 6.44. The van der Waals surface area contributed by atoms with Gasteiger partial charge in [-0.1, -0.05) is 6.92 Å². The number of halogens is 4. The van der Waals surface area contributed by atoms with Crippen LogP contribution in [0.4, 0.5) is 13.2 Å². The molecule has 1 rings (SSSR count). The number of hydrazine groups is 1. The van der Waals surface area contributed by atoms with Crippen LogP contribution in [0, 0.1) is 0 Å². The lowest BCUT2D eigenvalue weighted by molar-refractivity contribution is -0.175.